The molecule has 0 radical (unpaired) electrons. The van der Waals surface area contributed by atoms with E-state index in [9.17, 15) is 13.2 Å². The Morgan fingerprint density at radius 2 is 1.71 bits per heavy atom. The minimum Gasteiger partial charge on any atom is -0.495 e. The molecule has 0 aliphatic carbocycles. The van der Waals surface area contributed by atoms with Gasteiger partial charge in [-0.25, -0.2) is 8.42 Å². The van der Waals surface area contributed by atoms with Gasteiger partial charge in [0.1, 0.15) is 11.5 Å². The summed E-state index contributed by atoms with van der Waals surface area (Å²) in [6.45, 7) is 1.73. The second-order valence-electron chi connectivity index (χ2n) is 7.11. The Bertz CT molecular complexity index is 1210. The van der Waals surface area contributed by atoms with Gasteiger partial charge in [-0.1, -0.05) is 42.0 Å². The molecule has 3 aromatic carbocycles. The lowest BCUT2D eigenvalue weighted by Gasteiger charge is -2.34. The predicted octanol–water partition coefficient (Wildman–Crippen LogP) is 3.60. The van der Waals surface area contributed by atoms with Crippen LogP contribution in [0.5, 0.6) is 11.5 Å². The van der Waals surface area contributed by atoms with Gasteiger partial charge in [0.05, 0.1) is 29.9 Å². The van der Waals surface area contributed by atoms with E-state index in [2.05, 4.69) is 5.32 Å². The summed E-state index contributed by atoms with van der Waals surface area (Å²) in [7, 11) is -2.39. The van der Waals surface area contributed by atoms with Crippen molar-refractivity contribution < 1.29 is 22.7 Å². The van der Waals surface area contributed by atoms with Crippen molar-refractivity contribution in [1.29, 1.82) is 0 Å². The number of sulfonamides is 1. The van der Waals surface area contributed by atoms with Crippen molar-refractivity contribution in [2.45, 2.75) is 17.9 Å². The van der Waals surface area contributed by atoms with E-state index in [1.165, 1.54) is 11.4 Å². The first kappa shape index (κ1) is 20.7. The molecule has 1 N–H and O–H groups in total. The van der Waals surface area contributed by atoms with Gasteiger partial charge in [-0.3, -0.25) is 9.10 Å². The lowest BCUT2D eigenvalue weighted by molar-refractivity contribution is -0.122. The van der Waals surface area contributed by atoms with Gasteiger partial charge in [-0.15, -0.1) is 0 Å². The zero-order chi connectivity index (χ0) is 22.0. The summed E-state index contributed by atoms with van der Waals surface area (Å²) in [5.41, 5.74) is 1.82. The number of hydrogen-bond acceptors (Lipinski definition) is 5. The molecular formula is C23H22N2O5S. The molecule has 160 valence electrons. The number of aryl methyl sites for hydroxylation is 1. The van der Waals surface area contributed by atoms with Crippen molar-refractivity contribution in [3.63, 3.8) is 0 Å². The number of nitrogens with one attached hydrogen (secondary N) is 1. The Kier molecular flexibility index (Phi) is 5.56. The topological polar surface area (TPSA) is 84.9 Å². The highest BCUT2D eigenvalue weighted by Gasteiger charge is 2.37. The molecule has 31 heavy (non-hydrogen) atoms. The standard InChI is InChI=1S/C23H22N2O5S/c1-16-11-13-17(14-12-16)31(27,28)25-15-22(30-21-10-6-4-8-19(21)25)23(26)24-18-7-3-5-9-20(18)29-2/h3-14,22H,15H2,1-2H3,(H,24,26)/t22-/m1/s1. The average molecular weight is 439 g/mol. The van der Waals surface area contributed by atoms with E-state index in [-0.39, 0.29) is 11.4 Å². The second-order valence-corrected chi connectivity index (χ2v) is 8.98. The summed E-state index contributed by atoms with van der Waals surface area (Å²) in [6, 6.07) is 20.4. The number of carbonyl (C=O) groups excluding carboxylic acids is 1. The lowest BCUT2D eigenvalue weighted by atomic mass is 10.2. The molecule has 0 saturated heterocycles. The van der Waals surface area contributed by atoms with Crippen LogP contribution in [0.4, 0.5) is 11.4 Å². The fraction of sp³-hybridized carbons (Fsp3) is 0.174. The Hall–Kier alpha value is -3.52. The molecule has 1 heterocycles. The number of ether oxygens (including phenoxy) is 2. The molecule has 0 unspecified atom stereocenters. The van der Waals surface area contributed by atoms with Gasteiger partial charge in [-0.05, 0) is 43.3 Å². The van der Waals surface area contributed by atoms with Crippen LogP contribution in [-0.2, 0) is 14.8 Å². The Morgan fingerprint density at radius 3 is 2.45 bits per heavy atom. The van der Waals surface area contributed by atoms with Crippen molar-refractivity contribution in [3.8, 4) is 11.5 Å². The third kappa shape index (κ3) is 4.06. The average Bonchev–Trinajstić information content (AvgIpc) is 2.79. The quantitative estimate of drug-likeness (QED) is 0.658. The van der Waals surface area contributed by atoms with Crippen LogP contribution in [0.3, 0.4) is 0 Å². The van der Waals surface area contributed by atoms with Gasteiger partial charge in [0.25, 0.3) is 15.9 Å². The van der Waals surface area contributed by atoms with Crippen LogP contribution in [0, 0.1) is 6.92 Å². The molecule has 0 spiro atoms. The minimum atomic E-state index is -3.90. The van der Waals surface area contributed by atoms with E-state index in [1.54, 1.807) is 72.8 Å². The largest absolute Gasteiger partial charge is 0.495 e. The minimum absolute atomic E-state index is 0.152. The van der Waals surface area contributed by atoms with Gasteiger partial charge >= 0.3 is 0 Å². The zero-order valence-corrected chi connectivity index (χ0v) is 17.9. The number of benzene rings is 3. The number of carbonyl (C=O) groups is 1. The molecule has 4 rings (SSSR count). The number of amides is 1. The monoisotopic (exact) mass is 438 g/mol. The normalized spacial score (nSPS) is 15.5. The Balaban J connectivity index is 1.67. The van der Waals surface area contributed by atoms with Crippen molar-refractivity contribution in [1.82, 2.24) is 0 Å². The molecule has 0 aromatic heterocycles. The van der Waals surface area contributed by atoms with Crippen LogP contribution in [0.1, 0.15) is 5.56 Å². The Labute approximate surface area is 181 Å². The van der Waals surface area contributed by atoms with Crippen molar-refractivity contribution in [2.75, 3.05) is 23.3 Å². The first-order valence-corrected chi connectivity index (χ1v) is 11.1. The van der Waals surface area contributed by atoms with E-state index in [0.29, 0.717) is 22.9 Å². The molecule has 0 fully saturated rings. The van der Waals surface area contributed by atoms with E-state index in [1.807, 2.05) is 6.92 Å². The summed E-state index contributed by atoms with van der Waals surface area (Å²) in [6.07, 6.45) is -1.04. The van der Waals surface area contributed by atoms with E-state index < -0.39 is 22.0 Å². The molecule has 8 heteroatoms. The van der Waals surface area contributed by atoms with Crippen LogP contribution >= 0.6 is 0 Å². The van der Waals surface area contributed by atoms with Crippen molar-refractivity contribution in [2.24, 2.45) is 0 Å². The summed E-state index contributed by atoms with van der Waals surface area (Å²) >= 11 is 0. The molecule has 3 aromatic rings. The van der Waals surface area contributed by atoms with Gasteiger partial charge in [-0.2, -0.15) is 0 Å². The molecular weight excluding hydrogens is 416 g/mol. The summed E-state index contributed by atoms with van der Waals surface area (Å²) in [5.74, 6) is 0.351. The number of methoxy groups -OCH3 is 1. The van der Waals surface area contributed by atoms with Crippen LogP contribution in [0.2, 0.25) is 0 Å². The highest BCUT2D eigenvalue weighted by molar-refractivity contribution is 7.92. The van der Waals surface area contributed by atoms with Crippen LogP contribution < -0.4 is 19.1 Å². The molecule has 1 atom stereocenters. The fourth-order valence-corrected chi connectivity index (χ4v) is 4.84. The van der Waals surface area contributed by atoms with Gasteiger partial charge in [0.15, 0.2) is 6.10 Å². The highest BCUT2D eigenvalue weighted by atomic mass is 32.2. The predicted molar refractivity (Wildman–Crippen MR) is 118 cm³/mol. The first-order chi connectivity index (χ1) is 14.9. The van der Waals surface area contributed by atoms with Gasteiger partial charge in [0.2, 0.25) is 0 Å². The molecule has 1 amide bonds. The van der Waals surface area contributed by atoms with Crippen molar-refractivity contribution in [3.05, 3.63) is 78.4 Å². The molecule has 1 aliphatic rings. The van der Waals surface area contributed by atoms with Crippen LogP contribution in [0.25, 0.3) is 0 Å². The fourth-order valence-electron chi connectivity index (χ4n) is 3.36. The van der Waals surface area contributed by atoms with E-state index in [4.69, 9.17) is 9.47 Å². The second kappa shape index (κ2) is 8.31. The maximum Gasteiger partial charge on any atom is 0.267 e. The van der Waals surface area contributed by atoms with Gasteiger partial charge in [0, 0.05) is 0 Å². The van der Waals surface area contributed by atoms with Crippen molar-refractivity contribution >= 4 is 27.3 Å². The van der Waals surface area contributed by atoms with E-state index in [0.717, 1.165) is 5.56 Å². The maximum atomic E-state index is 13.4. The number of anilines is 2. The van der Waals surface area contributed by atoms with E-state index >= 15 is 0 Å². The zero-order valence-electron chi connectivity index (χ0n) is 17.1. The third-order valence-corrected chi connectivity index (χ3v) is 6.80. The number of nitrogens with zero attached hydrogens (tertiary/aromatic N) is 1. The molecule has 0 bridgehead atoms. The van der Waals surface area contributed by atoms with Gasteiger partial charge < -0.3 is 14.8 Å². The van der Waals surface area contributed by atoms with Crippen LogP contribution in [0.15, 0.2) is 77.7 Å². The summed E-state index contributed by atoms with van der Waals surface area (Å²) in [5, 5.41) is 2.77. The highest BCUT2D eigenvalue weighted by Crippen LogP contribution is 2.37. The first-order valence-electron chi connectivity index (χ1n) is 9.69. The maximum absolute atomic E-state index is 13.4. The smallest absolute Gasteiger partial charge is 0.267 e. The molecule has 0 saturated carbocycles. The Morgan fingerprint density at radius 1 is 1.03 bits per heavy atom. The summed E-state index contributed by atoms with van der Waals surface area (Å²) < 4.78 is 39.2. The third-order valence-electron chi connectivity index (χ3n) is 5.00. The SMILES string of the molecule is COc1ccccc1NC(=O)[C@H]1CN(S(=O)(=O)c2ccc(C)cc2)c2ccccc2O1. The number of para-hydroxylation sites is 4. The molecule has 7 nitrogen and oxygen atoms in total. The molecule has 1 aliphatic heterocycles. The number of fused-ring (bicyclic) bond motifs is 1. The number of rotatable bonds is 5. The lowest BCUT2D eigenvalue weighted by Crippen LogP contribution is -2.48. The summed E-state index contributed by atoms with van der Waals surface area (Å²) in [4.78, 5) is 13.1. The van der Waals surface area contributed by atoms with Crippen LogP contribution in [-0.4, -0.2) is 34.1 Å². The number of hydrogen-bond donors (Lipinski definition) is 1.